The molecule has 6 rings (SSSR count). The molecule has 0 bridgehead atoms. The summed E-state index contributed by atoms with van der Waals surface area (Å²) < 4.78 is 84.9. The summed E-state index contributed by atoms with van der Waals surface area (Å²) in [6, 6.07) is 24.5. The first-order chi connectivity index (χ1) is 21.9. The van der Waals surface area contributed by atoms with Gasteiger partial charge in [0.25, 0.3) is 0 Å². The Bertz CT molecular complexity index is 2190. The number of benzene rings is 4. The number of allylic oxidation sites excluding steroid dienone is 2. The zero-order chi connectivity index (χ0) is 33.0. The molecule has 0 radical (unpaired) electrons. The van der Waals surface area contributed by atoms with Gasteiger partial charge >= 0.3 is 12.7 Å². The van der Waals surface area contributed by atoms with Gasteiger partial charge in [0.2, 0.25) is 0 Å². The van der Waals surface area contributed by atoms with E-state index in [4.69, 9.17) is 0 Å². The Labute approximate surface area is 256 Å². The Morgan fingerprint density at radius 2 is 0.826 bits per heavy atom. The summed E-state index contributed by atoms with van der Waals surface area (Å²) in [4.78, 5) is 0. The quantitative estimate of drug-likeness (QED) is 0.144. The number of nitrogens with zero attached hydrogens (tertiary/aromatic N) is 4. The summed E-state index contributed by atoms with van der Waals surface area (Å²) in [7, 11) is 0. The average Bonchev–Trinajstić information content (AvgIpc) is 3.48. The van der Waals surface area contributed by atoms with Gasteiger partial charge in [0.15, 0.2) is 0 Å². The van der Waals surface area contributed by atoms with Crippen molar-refractivity contribution in [2.24, 2.45) is 0 Å². The number of ether oxygens (including phenoxy) is 2. The van der Waals surface area contributed by atoms with E-state index in [1.54, 1.807) is 42.5 Å². The third-order valence-corrected chi connectivity index (χ3v) is 7.43. The van der Waals surface area contributed by atoms with Crippen molar-refractivity contribution in [2.45, 2.75) is 12.7 Å². The number of halogens is 6. The van der Waals surface area contributed by atoms with Crippen LogP contribution in [0.3, 0.4) is 0 Å². The second kappa shape index (κ2) is 10.6. The number of hydrogen-bond donors (Lipinski definition) is 0. The van der Waals surface area contributed by atoms with Gasteiger partial charge in [-0.3, -0.25) is 0 Å². The van der Waals surface area contributed by atoms with E-state index < -0.39 is 24.2 Å². The molecule has 0 atom stereocenters. The van der Waals surface area contributed by atoms with Crippen LogP contribution in [0.1, 0.15) is 22.3 Å². The van der Waals surface area contributed by atoms with Gasteiger partial charge in [-0.15, -0.1) is 26.3 Å². The number of rotatable bonds is 3. The van der Waals surface area contributed by atoms with Crippen molar-refractivity contribution < 1.29 is 35.8 Å². The van der Waals surface area contributed by atoms with Crippen molar-refractivity contribution >= 4 is 11.1 Å². The molecule has 0 aliphatic heterocycles. The van der Waals surface area contributed by atoms with E-state index >= 15 is 0 Å². The van der Waals surface area contributed by atoms with Gasteiger partial charge in [0, 0.05) is 11.1 Å². The van der Waals surface area contributed by atoms with E-state index in [1.165, 1.54) is 18.2 Å². The minimum atomic E-state index is -4.98. The summed E-state index contributed by atoms with van der Waals surface area (Å²) in [6.45, 7) is 0. The molecule has 46 heavy (non-hydrogen) atoms. The topological polar surface area (TPSA) is 114 Å². The second-order valence-corrected chi connectivity index (χ2v) is 9.98. The third kappa shape index (κ3) is 5.05. The molecule has 0 saturated heterocycles. The predicted octanol–water partition coefficient (Wildman–Crippen LogP) is 8.81. The zero-order valence-electron chi connectivity index (χ0n) is 22.8. The molecule has 0 saturated carbocycles. The molecule has 6 nitrogen and oxygen atoms in total. The van der Waals surface area contributed by atoms with Gasteiger partial charge in [0.05, 0.1) is 0 Å². The summed E-state index contributed by atoms with van der Waals surface area (Å²) in [5.41, 5.74) is 4.26. The summed E-state index contributed by atoms with van der Waals surface area (Å²) >= 11 is 0. The van der Waals surface area contributed by atoms with E-state index in [9.17, 15) is 47.4 Å². The monoisotopic (exact) mass is 622 g/mol. The van der Waals surface area contributed by atoms with Gasteiger partial charge in [-0.25, -0.2) is 0 Å². The minimum absolute atomic E-state index is 0.0676. The van der Waals surface area contributed by atoms with Crippen molar-refractivity contribution in [3.05, 3.63) is 106 Å². The van der Waals surface area contributed by atoms with E-state index in [0.717, 1.165) is 24.3 Å². The molecule has 4 aromatic rings. The molecular weight excluding hydrogens is 610 g/mol. The first-order valence-corrected chi connectivity index (χ1v) is 13.0. The maximum Gasteiger partial charge on any atom is 0.573 e. The van der Waals surface area contributed by atoms with E-state index in [-0.39, 0.29) is 27.9 Å². The highest BCUT2D eigenvalue weighted by atomic mass is 19.4. The fraction of sp³-hybridized carbons (Fsp3) is 0.0588. The number of nitriles is 4. The van der Waals surface area contributed by atoms with Crippen molar-refractivity contribution in [1.29, 1.82) is 21.0 Å². The molecular formula is C34H12F6N4O2. The Morgan fingerprint density at radius 1 is 0.435 bits per heavy atom. The second-order valence-electron chi connectivity index (χ2n) is 9.98. The maximum absolute atomic E-state index is 13.0. The largest absolute Gasteiger partial charge is 0.573 e. The van der Waals surface area contributed by atoms with Crippen LogP contribution in [0.2, 0.25) is 0 Å². The Balaban J connectivity index is 1.55. The van der Waals surface area contributed by atoms with Crippen LogP contribution in [0.15, 0.2) is 83.9 Å². The van der Waals surface area contributed by atoms with Crippen LogP contribution in [0, 0.1) is 45.3 Å². The van der Waals surface area contributed by atoms with Crippen molar-refractivity contribution in [1.82, 2.24) is 0 Å². The minimum Gasteiger partial charge on any atom is -0.406 e. The average molecular weight is 622 g/mol. The molecule has 2 aliphatic rings. The number of fused-ring (bicyclic) bond motifs is 6. The lowest BCUT2D eigenvalue weighted by atomic mass is 9.92. The molecule has 0 fully saturated rings. The van der Waals surface area contributed by atoms with Crippen molar-refractivity contribution in [3.63, 3.8) is 0 Å². The van der Waals surface area contributed by atoms with Crippen molar-refractivity contribution in [2.75, 3.05) is 0 Å². The molecule has 0 spiro atoms. The molecule has 0 N–H and O–H groups in total. The summed E-state index contributed by atoms with van der Waals surface area (Å²) in [5.74, 6) is -0.960. The Hall–Kier alpha value is -6.50. The fourth-order valence-electron chi connectivity index (χ4n) is 5.74. The van der Waals surface area contributed by atoms with Crippen LogP contribution < -0.4 is 9.47 Å². The van der Waals surface area contributed by atoms with E-state index in [1.807, 2.05) is 12.1 Å². The van der Waals surface area contributed by atoms with Crippen molar-refractivity contribution in [3.8, 4) is 69.2 Å². The molecule has 0 aromatic heterocycles. The third-order valence-electron chi connectivity index (χ3n) is 7.43. The van der Waals surface area contributed by atoms with Gasteiger partial charge in [0.1, 0.15) is 46.9 Å². The van der Waals surface area contributed by atoms with Gasteiger partial charge in [-0.05, 0) is 98.1 Å². The van der Waals surface area contributed by atoms with E-state index in [2.05, 4.69) is 9.47 Å². The van der Waals surface area contributed by atoms with Crippen LogP contribution in [-0.4, -0.2) is 12.7 Å². The Kier molecular flexibility index (Phi) is 6.81. The highest BCUT2D eigenvalue weighted by Gasteiger charge is 2.36. The molecule has 0 amide bonds. The molecule has 12 heteroatoms. The first kappa shape index (κ1) is 29.6. The lowest BCUT2D eigenvalue weighted by Gasteiger charge is -2.11. The van der Waals surface area contributed by atoms with E-state index in [0.29, 0.717) is 50.1 Å². The standard InChI is InChI=1S/C34H12F6N4O2/c35-33(36,37)45-21-4-1-17(2-5-21)18-3-7-23-25-11-26-24-8-6-22(46-34(38,39)40)10-28(24)32(20(15-43)16-44)30(26)12-29(25)31(27(23)9-18)19(13-41)14-42/h1-12H. The molecule has 222 valence electrons. The number of hydrogen-bond acceptors (Lipinski definition) is 6. The summed E-state index contributed by atoms with van der Waals surface area (Å²) in [5, 5.41) is 39.3. The molecule has 0 heterocycles. The normalized spacial score (nSPS) is 12.4. The fourth-order valence-corrected chi connectivity index (χ4v) is 5.74. The van der Waals surface area contributed by atoms with Crippen LogP contribution in [0.4, 0.5) is 26.3 Å². The lowest BCUT2D eigenvalue weighted by Crippen LogP contribution is -2.17. The van der Waals surface area contributed by atoms with Crippen LogP contribution in [0.5, 0.6) is 11.5 Å². The predicted molar refractivity (Wildman–Crippen MR) is 151 cm³/mol. The maximum atomic E-state index is 13.0. The highest BCUT2D eigenvalue weighted by Crippen LogP contribution is 2.54. The SMILES string of the molecule is N#CC(C#N)=C1c2cc(OC(F)(F)F)ccc2-c2cc3c(cc21)C(=C(C#N)C#N)c1cc(-c2ccc(OC(F)(F)F)cc2)ccc1-3. The molecule has 4 aromatic carbocycles. The van der Waals surface area contributed by atoms with Gasteiger partial charge in [-0.2, -0.15) is 21.0 Å². The molecule has 0 unspecified atom stereocenters. The first-order valence-electron chi connectivity index (χ1n) is 13.0. The van der Waals surface area contributed by atoms with Gasteiger partial charge in [-0.1, -0.05) is 30.3 Å². The lowest BCUT2D eigenvalue weighted by molar-refractivity contribution is -0.275. The number of alkyl halides is 6. The van der Waals surface area contributed by atoms with Crippen LogP contribution >= 0.6 is 0 Å². The molecule has 2 aliphatic carbocycles. The highest BCUT2D eigenvalue weighted by molar-refractivity contribution is 6.11. The Morgan fingerprint density at radius 3 is 1.33 bits per heavy atom. The van der Waals surface area contributed by atoms with Gasteiger partial charge < -0.3 is 9.47 Å². The summed E-state index contributed by atoms with van der Waals surface area (Å²) in [6.07, 6.45) is -9.84. The smallest absolute Gasteiger partial charge is 0.406 e. The van der Waals surface area contributed by atoms with Crippen LogP contribution in [0.25, 0.3) is 44.5 Å². The van der Waals surface area contributed by atoms with Crippen LogP contribution in [-0.2, 0) is 0 Å². The zero-order valence-corrected chi connectivity index (χ0v) is 22.8.